The number of aliphatic hydroxyl groups excluding tert-OH is 1. The normalized spacial score (nSPS) is 39.8. The molecule has 1 fully saturated rings. The molecule has 3 atom stereocenters. The third-order valence-corrected chi connectivity index (χ3v) is 6.46. The molecule has 1 heterocycles. The highest BCUT2D eigenvalue weighted by Gasteiger charge is 2.66. The van der Waals surface area contributed by atoms with Crippen molar-refractivity contribution in [3.8, 4) is 0 Å². The van der Waals surface area contributed by atoms with E-state index in [1.54, 1.807) is 14.2 Å². The van der Waals surface area contributed by atoms with Gasteiger partial charge in [0.15, 0.2) is 0 Å². The van der Waals surface area contributed by atoms with Gasteiger partial charge in [0.25, 0.3) is 0 Å². The van der Waals surface area contributed by atoms with Crippen LogP contribution >= 0.6 is 0 Å². The largest absolute Gasteiger partial charge is 0.394 e. The molecule has 0 aromatic heterocycles. The van der Waals surface area contributed by atoms with Crippen molar-refractivity contribution >= 4 is 0 Å². The standard InChI is InChI=1S/C16H32O4/c1-13(2)14(3,4)16(6,11-19-8)20-12(9-17)15(13,5)10-18-7/h12,17H,9-11H2,1-8H3. The molecule has 3 unspecified atom stereocenters. The maximum absolute atomic E-state index is 9.83. The molecule has 1 aliphatic heterocycles. The minimum atomic E-state index is -0.452. The van der Waals surface area contributed by atoms with Gasteiger partial charge in [-0.1, -0.05) is 34.6 Å². The van der Waals surface area contributed by atoms with Gasteiger partial charge in [0.2, 0.25) is 0 Å². The van der Waals surface area contributed by atoms with Crippen LogP contribution in [0, 0.1) is 16.2 Å². The Labute approximate surface area is 123 Å². The second-order valence-electron chi connectivity index (χ2n) is 7.55. The lowest BCUT2D eigenvalue weighted by Crippen LogP contribution is -2.70. The van der Waals surface area contributed by atoms with Crippen LogP contribution < -0.4 is 0 Å². The van der Waals surface area contributed by atoms with Gasteiger partial charge >= 0.3 is 0 Å². The summed E-state index contributed by atoms with van der Waals surface area (Å²) in [6, 6.07) is 0. The molecule has 1 aliphatic rings. The van der Waals surface area contributed by atoms with Gasteiger partial charge in [-0.3, -0.25) is 0 Å². The SMILES string of the molecule is COCC1(C)OC(CO)C(C)(COC)C(C)(C)C1(C)C. The van der Waals surface area contributed by atoms with Crippen LogP contribution in [0.1, 0.15) is 41.5 Å². The number of hydrogen-bond acceptors (Lipinski definition) is 4. The fourth-order valence-electron chi connectivity index (χ4n) is 3.67. The summed E-state index contributed by atoms with van der Waals surface area (Å²) >= 11 is 0. The molecule has 0 amide bonds. The summed E-state index contributed by atoms with van der Waals surface area (Å²) in [4.78, 5) is 0. The Hall–Kier alpha value is -0.160. The van der Waals surface area contributed by atoms with Gasteiger partial charge in [-0.2, -0.15) is 0 Å². The fourth-order valence-corrected chi connectivity index (χ4v) is 3.67. The molecule has 0 aromatic carbocycles. The number of aliphatic hydroxyl groups is 1. The van der Waals surface area contributed by atoms with Crippen LogP contribution in [0.25, 0.3) is 0 Å². The van der Waals surface area contributed by atoms with E-state index in [2.05, 4.69) is 41.5 Å². The van der Waals surface area contributed by atoms with Crippen LogP contribution in [0.2, 0.25) is 0 Å². The van der Waals surface area contributed by atoms with Crippen LogP contribution in [0.3, 0.4) is 0 Å². The first-order chi connectivity index (χ1) is 9.04. The molecule has 0 spiro atoms. The van der Waals surface area contributed by atoms with E-state index in [0.29, 0.717) is 13.2 Å². The molecule has 1 N–H and O–H groups in total. The lowest BCUT2D eigenvalue weighted by molar-refractivity contribution is -0.322. The predicted octanol–water partition coefficient (Wildman–Crippen LogP) is 2.49. The molecule has 1 saturated heterocycles. The second kappa shape index (κ2) is 5.56. The average molecular weight is 288 g/mol. The summed E-state index contributed by atoms with van der Waals surface area (Å²) < 4.78 is 17.2. The molecule has 4 heteroatoms. The summed E-state index contributed by atoms with van der Waals surface area (Å²) in [5.41, 5.74) is -0.969. The molecule has 20 heavy (non-hydrogen) atoms. The van der Waals surface area contributed by atoms with E-state index in [4.69, 9.17) is 14.2 Å². The first-order valence-electron chi connectivity index (χ1n) is 7.30. The second-order valence-corrected chi connectivity index (χ2v) is 7.55. The topological polar surface area (TPSA) is 47.9 Å². The number of rotatable bonds is 5. The molecule has 0 aliphatic carbocycles. The van der Waals surface area contributed by atoms with Gasteiger partial charge in [0.05, 0.1) is 31.5 Å². The Morgan fingerprint density at radius 1 is 0.900 bits per heavy atom. The van der Waals surface area contributed by atoms with E-state index in [1.807, 2.05) is 0 Å². The van der Waals surface area contributed by atoms with Gasteiger partial charge in [-0.25, -0.2) is 0 Å². The third kappa shape index (κ3) is 2.21. The maximum Gasteiger partial charge on any atom is 0.0947 e. The molecule has 4 nitrogen and oxygen atoms in total. The minimum absolute atomic E-state index is 0.0152. The molecular weight excluding hydrogens is 256 g/mol. The first-order valence-corrected chi connectivity index (χ1v) is 7.30. The zero-order chi connectivity index (χ0) is 15.8. The van der Waals surface area contributed by atoms with Crippen LogP contribution in [0.5, 0.6) is 0 Å². The van der Waals surface area contributed by atoms with E-state index in [0.717, 1.165) is 0 Å². The lowest BCUT2D eigenvalue weighted by atomic mass is 9.46. The molecule has 0 aromatic rings. The smallest absolute Gasteiger partial charge is 0.0947 e. The molecule has 0 bridgehead atoms. The van der Waals surface area contributed by atoms with Gasteiger partial charge in [0.1, 0.15) is 0 Å². The quantitative estimate of drug-likeness (QED) is 0.844. The molecule has 120 valence electrons. The van der Waals surface area contributed by atoms with Gasteiger partial charge in [-0.15, -0.1) is 0 Å². The highest BCUT2D eigenvalue weighted by molar-refractivity contribution is 5.13. The Morgan fingerprint density at radius 2 is 1.40 bits per heavy atom. The van der Waals surface area contributed by atoms with Crippen molar-refractivity contribution in [3.63, 3.8) is 0 Å². The van der Waals surface area contributed by atoms with E-state index in [1.165, 1.54) is 0 Å². The minimum Gasteiger partial charge on any atom is -0.394 e. The fraction of sp³-hybridized carbons (Fsp3) is 1.00. The molecule has 1 rings (SSSR count). The van der Waals surface area contributed by atoms with Crippen LogP contribution in [-0.4, -0.2) is 50.9 Å². The lowest BCUT2D eigenvalue weighted by Gasteiger charge is -2.66. The van der Waals surface area contributed by atoms with Gasteiger partial charge in [-0.05, 0) is 12.3 Å². The highest BCUT2D eigenvalue weighted by atomic mass is 16.6. The Kier molecular flexibility index (Phi) is 4.97. The van der Waals surface area contributed by atoms with Crippen molar-refractivity contribution in [1.29, 1.82) is 0 Å². The van der Waals surface area contributed by atoms with E-state index >= 15 is 0 Å². The van der Waals surface area contributed by atoms with Gasteiger partial charge in [0, 0.05) is 25.0 Å². The monoisotopic (exact) mass is 288 g/mol. The van der Waals surface area contributed by atoms with Crippen molar-refractivity contribution in [1.82, 2.24) is 0 Å². The average Bonchev–Trinajstić information content (AvgIpc) is 2.34. The predicted molar refractivity (Wildman–Crippen MR) is 79.8 cm³/mol. The van der Waals surface area contributed by atoms with Crippen molar-refractivity contribution in [2.45, 2.75) is 53.2 Å². The number of methoxy groups -OCH3 is 2. The summed E-state index contributed by atoms with van der Waals surface area (Å²) in [7, 11) is 3.39. The van der Waals surface area contributed by atoms with E-state index < -0.39 is 5.60 Å². The van der Waals surface area contributed by atoms with Crippen molar-refractivity contribution in [2.75, 3.05) is 34.0 Å². The third-order valence-electron chi connectivity index (χ3n) is 6.46. The molecule has 0 radical (unpaired) electrons. The molecular formula is C16H32O4. The van der Waals surface area contributed by atoms with Crippen molar-refractivity contribution < 1.29 is 19.3 Å². The molecule has 0 saturated carbocycles. The van der Waals surface area contributed by atoms with Crippen LogP contribution in [0.4, 0.5) is 0 Å². The van der Waals surface area contributed by atoms with Crippen LogP contribution in [0.15, 0.2) is 0 Å². The number of hydrogen-bond donors (Lipinski definition) is 1. The van der Waals surface area contributed by atoms with E-state index in [9.17, 15) is 5.11 Å². The van der Waals surface area contributed by atoms with Crippen molar-refractivity contribution in [3.05, 3.63) is 0 Å². The first kappa shape index (κ1) is 17.9. The maximum atomic E-state index is 9.83. The van der Waals surface area contributed by atoms with Gasteiger partial charge < -0.3 is 19.3 Å². The summed E-state index contributed by atoms with van der Waals surface area (Å²) in [6.07, 6.45) is -0.273. The highest BCUT2D eigenvalue weighted by Crippen LogP contribution is 2.63. The Bertz CT molecular complexity index is 339. The summed E-state index contributed by atoms with van der Waals surface area (Å²) in [5.74, 6) is 0. The summed E-state index contributed by atoms with van der Waals surface area (Å²) in [6.45, 7) is 14.2. The Balaban J connectivity index is 3.36. The Morgan fingerprint density at radius 3 is 1.80 bits per heavy atom. The van der Waals surface area contributed by atoms with Crippen LogP contribution in [-0.2, 0) is 14.2 Å². The zero-order valence-corrected chi connectivity index (χ0v) is 14.4. The zero-order valence-electron chi connectivity index (χ0n) is 14.4. The number of ether oxygens (including phenoxy) is 3. The van der Waals surface area contributed by atoms with E-state index in [-0.39, 0.29) is 29.0 Å². The summed E-state index contributed by atoms with van der Waals surface area (Å²) in [5, 5.41) is 9.83. The van der Waals surface area contributed by atoms with Crippen molar-refractivity contribution in [2.24, 2.45) is 16.2 Å².